The summed E-state index contributed by atoms with van der Waals surface area (Å²) in [6.45, 7) is 5.35. The number of ether oxygens (including phenoxy) is 5. The molecule has 1 heterocycles. The van der Waals surface area contributed by atoms with E-state index in [1.807, 2.05) is 0 Å². The Balaban J connectivity index is 3.29. The number of hydrogen-bond acceptors (Lipinski definition) is 11. The van der Waals surface area contributed by atoms with E-state index in [1.165, 1.54) is 6.92 Å². The second-order valence-corrected chi connectivity index (χ2v) is 6.90. The zero-order valence-corrected chi connectivity index (χ0v) is 18.0. The van der Waals surface area contributed by atoms with E-state index in [1.54, 1.807) is 0 Å². The van der Waals surface area contributed by atoms with Crippen molar-refractivity contribution in [3.63, 3.8) is 0 Å². The molecular weight excluding hydrogens is 418 g/mol. The molecule has 1 fully saturated rings. The maximum absolute atomic E-state index is 12.3. The molecule has 0 aliphatic carbocycles. The number of nitrogens with one attached hydrogen (secondary N) is 1. The fourth-order valence-electron chi connectivity index (χ4n) is 2.87. The van der Waals surface area contributed by atoms with Gasteiger partial charge in [-0.1, -0.05) is 0 Å². The molecule has 0 radical (unpaired) electrons. The third kappa shape index (κ3) is 9.11. The quantitative estimate of drug-likeness (QED) is 0.362. The van der Waals surface area contributed by atoms with Crippen molar-refractivity contribution in [2.75, 3.05) is 6.61 Å². The van der Waals surface area contributed by atoms with Gasteiger partial charge < -0.3 is 33.8 Å². The lowest BCUT2D eigenvalue weighted by Gasteiger charge is -2.44. The molecular formula is C19H27NO11. The molecule has 1 aliphatic heterocycles. The Kier molecular flexibility index (Phi) is 10.1. The van der Waals surface area contributed by atoms with Crippen LogP contribution < -0.4 is 5.32 Å². The smallest absolute Gasteiger partial charge is 0.305 e. The average Bonchev–Trinajstić information content (AvgIpc) is 2.62. The second-order valence-electron chi connectivity index (χ2n) is 6.90. The highest BCUT2D eigenvalue weighted by Gasteiger charge is 2.52. The molecule has 5 atom stereocenters. The van der Waals surface area contributed by atoms with Crippen LogP contribution in [0.4, 0.5) is 0 Å². The summed E-state index contributed by atoms with van der Waals surface area (Å²) in [6.07, 6.45) is -5.51. The van der Waals surface area contributed by atoms with Crippen molar-refractivity contribution >= 4 is 35.6 Å². The van der Waals surface area contributed by atoms with Crippen molar-refractivity contribution < 1.29 is 52.5 Å². The number of hydrogen-bond donors (Lipinski definition) is 1. The lowest BCUT2D eigenvalue weighted by molar-refractivity contribution is -0.271. The first-order chi connectivity index (χ1) is 14.4. The first-order valence-corrected chi connectivity index (χ1v) is 9.50. The van der Waals surface area contributed by atoms with E-state index in [-0.39, 0.29) is 18.6 Å². The Labute approximate surface area is 178 Å². The van der Waals surface area contributed by atoms with Gasteiger partial charge in [0.1, 0.15) is 24.5 Å². The van der Waals surface area contributed by atoms with Gasteiger partial charge in [0.2, 0.25) is 12.2 Å². The van der Waals surface area contributed by atoms with Gasteiger partial charge in [-0.05, 0) is 6.92 Å². The molecule has 0 bridgehead atoms. The van der Waals surface area contributed by atoms with Gasteiger partial charge in [-0.3, -0.25) is 24.0 Å². The van der Waals surface area contributed by atoms with Crippen LogP contribution in [0.5, 0.6) is 0 Å². The molecule has 0 aromatic heterocycles. The van der Waals surface area contributed by atoms with Gasteiger partial charge in [-0.25, -0.2) is 0 Å². The molecule has 0 aromatic rings. The SMILES string of the molecule is CC(=O)CCC(=O)N[C@H]1C(OC(C)=O)O[C@H](COC(C)=O)[C@@H](OC(C)=O)[C@@H]1OC(C)=O. The Morgan fingerprint density at radius 3 is 1.77 bits per heavy atom. The Morgan fingerprint density at radius 1 is 0.742 bits per heavy atom. The van der Waals surface area contributed by atoms with Crippen LogP contribution in [0.3, 0.4) is 0 Å². The summed E-state index contributed by atoms with van der Waals surface area (Å²) in [7, 11) is 0. The van der Waals surface area contributed by atoms with Gasteiger partial charge in [0, 0.05) is 40.5 Å². The van der Waals surface area contributed by atoms with Crippen LogP contribution in [0.2, 0.25) is 0 Å². The van der Waals surface area contributed by atoms with Gasteiger partial charge in [0.15, 0.2) is 12.2 Å². The zero-order chi connectivity index (χ0) is 23.7. The predicted octanol–water partition coefficient (Wildman–Crippen LogP) is -0.445. The van der Waals surface area contributed by atoms with Crippen molar-refractivity contribution in [3.8, 4) is 0 Å². The molecule has 12 heteroatoms. The van der Waals surface area contributed by atoms with Crippen molar-refractivity contribution in [3.05, 3.63) is 0 Å². The second kappa shape index (κ2) is 12.0. The number of amides is 1. The average molecular weight is 445 g/mol. The van der Waals surface area contributed by atoms with Crippen LogP contribution in [0.25, 0.3) is 0 Å². The van der Waals surface area contributed by atoms with Gasteiger partial charge in [0.05, 0.1) is 0 Å². The van der Waals surface area contributed by atoms with Crippen molar-refractivity contribution in [1.29, 1.82) is 0 Å². The molecule has 1 aliphatic rings. The van der Waals surface area contributed by atoms with Crippen LogP contribution >= 0.6 is 0 Å². The van der Waals surface area contributed by atoms with Crippen LogP contribution in [0.15, 0.2) is 0 Å². The van der Waals surface area contributed by atoms with Gasteiger partial charge in [0.25, 0.3) is 0 Å². The minimum Gasteiger partial charge on any atom is -0.463 e. The van der Waals surface area contributed by atoms with E-state index in [4.69, 9.17) is 23.7 Å². The Morgan fingerprint density at radius 2 is 1.29 bits per heavy atom. The highest BCUT2D eigenvalue weighted by molar-refractivity contribution is 5.83. The molecule has 1 rings (SSSR count). The molecule has 12 nitrogen and oxygen atoms in total. The molecule has 31 heavy (non-hydrogen) atoms. The van der Waals surface area contributed by atoms with E-state index < -0.39 is 67.0 Å². The maximum Gasteiger partial charge on any atom is 0.305 e. The number of Topliss-reactive ketones (excluding diaryl/α,β-unsaturated/α-hetero) is 1. The molecule has 1 saturated heterocycles. The van der Waals surface area contributed by atoms with Crippen molar-refractivity contribution in [2.45, 2.75) is 78.1 Å². The van der Waals surface area contributed by atoms with E-state index in [0.717, 1.165) is 27.7 Å². The predicted molar refractivity (Wildman–Crippen MR) is 100 cm³/mol. The number of carbonyl (C=O) groups excluding carboxylic acids is 6. The molecule has 1 N–H and O–H groups in total. The summed E-state index contributed by atoms with van der Waals surface area (Å²) in [6, 6.07) is -1.27. The molecule has 0 spiro atoms. The topological polar surface area (TPSA) is 161 Å². The molecule has 1 unspecified atom stereocenters. The highest BCUT2D eigenvalue weighted by atomic mass is 16.7. The largest absolute Gasteiger partial charge is 0.463 e. The summed E-state index contributed by atoms with van der Waals surface area (Å²) >= 11 is 0. The minimum atomic E-state index is -1.46. The van der Waals surface area contributed by atoms with Crippen LogP contribution in [0.1, 0.15) is 47.5 Å². The number of carbonyl (C=O) groups is 6. The summed E-state index contributed by atoms with van der Waals surface area (Å²) < 4.78 is 26.2. The van der Waals surface area contributed by atoms with E-state index in [0.29, 0.717) is 0 Å². The Hall–Kier alpha value is -3.02. The third-order valence-corrected chi connectivity index (χ3v) is 4.02. The van der Waals surface area contributed by atoms with Gasteiger partial charge >= 0.3 is 23.9 Å². The first-order valence-electron chi connectivity index (χ1n) is 9.50. The maximum atomic E-state index is 12.3. The van der Waals surface area contributed by atoms with E-state index in [9.17, 15) is 28.8 Å². The summed E-state index contributed by atoms with van der Waals surface area (Å²) in [5.41, 5.74) is 0. The highest BCUT2D eigenvalue weighted by Crippen LogP contribution is 2.28. The monoisotopic (exact) mass is 445 g/mol. The van der Waals surface area contributed by atoms with Crippen LogP contribution in [-0.4, -0.2) is 72.8 Å². The molecule has 1 amide bonds. The molecule has 0 aromatic carbocycles. The lowest BCUT2D eigenvalue weighted by Crippen LogP contribution is -2.67. The fourth-order valence-corrected chi connectivity index (χ4v) is 2.87. The first kappa shape index (κ1) is 26.0. The molecule has 174 valence electrons. The van der Waals surface area contributed by atoms with Gasteiger partial charge in [-0.15, -0.1) is 0 Å². The number of esters is 4. The fraction of sp³-hybridized carbons (Fsp3) is 0.684. The van der Waals surface area contributed by atoms with Crippen molar-refractivity contribution in [1.82, 2.24) is 5.32 Å². The van der Waals surface area contributed by atoms with Gasteiger partial charge in [-0.2, -0.15) is 0 Å². The van der Waals surface area contributed by atoms with Crippen LogP contribution in [0, 0.1) is 0 Å². The lowest BCUT2D eigenvalue weighted by atomic mass is 9.95. The summed E-state index contributed by atoms with van der Waals surface area (Å²) in [5.74, 6) is -3.80. The van der Waals surface area contributed by atoms with E-state index in [2.05, 4.69) is 5.32 Å². The van der Waals surface area contributed by atoms with Crippen molar-refractivity contribution in [2.24, 2.45) is 0 Å². The standard InChI is InChI=1S/C19H27NO11/c1-9(21)6-7-15(26)20-16-18(29-12(4)24)17(28-11(3)23)14(8-27-10(2)22)31-19(16)30-13(5)25/h14,16-19H,6-8H2,1-5H3,(H,20,26)/t14-,16-,17-,18-,19?/m1/s1. The Bertz CT molecular complexity index is 720. The number of rotatable bonds is 9. The molecule has 0 saturated carbocycles. The normalized spacial score (nSPS) is 25.0. The van der Waals surface area contributed by atoms with Crippen LogP contribution in [-0.2, 0) is 52.5 Å². The summed E-state index contributed by atoms with van der Waals surface area (Å²) in [4.78, 5) is 69.7. The summed E-state index contributed by atoms with van der Waals surface area (Å²) in [5, 5.41) is 2.50. The zero-order valence-electron chi connectivity index (χ0n) is 18.0. The third-order valence-electron chi connectivity index (χ3n) is 4.02. The minimum absolute atomic E-state index is 0.0433. The van der Waals surface area contributed by atoms with E-state index >= 15 is 0 Å². The number of ketones is 1.